The fraction of sp³-hybridized carbons (Fsp3) is 0.217. The highest BCUT2D eigenvalue weighted by atomic mass is 19.1. The number of aromatic nitrogens is 6. The molecule has 1 aliphatic heterocycles. The third-order valence-corrected chi connectivity index (χ3v) is 5.39. The maximum atomic E-state index is 13.7. The van der Waals surface area contributed by atoms with Gasteiger partial charge in [-0.3, -0.25) is 0 Å². The Kier molecular flexibility index (Phi) is 5.01. The van der Waals surface area contributed by atoms with Gasteiger partial charge in [0.1, 0.15) is 23.1 Å². The molecule has 0 aliphatic carbocycles. The van der Waals surface area contributed by atoms with Crippen molar-refractivity contribution in [3.63, 3.8) is 0 Å². The fourth-order valence-corrected chi connectivity index (χ4v) is 3.94. The Morgan fingerprint density at radius 2 is 1.91 bits per heavy atom. The molecule has 0 fully saturated rings. The third-order valence-electron chi connectivity index (χ3n) is 5.39. The maximum Gasteiger partial charge on any atom is 0.238 e. The van der Waals surface area contributed by atoms with Crippen LogP contribution >= 0.6 is 0 Å². The molecule has 162 valence electrons. The molecule has 9 heteroatoms. The van der Waals surface area contributed by atoms with E-state index in [1.54, 1.807) is 30.3 Å². The Hall–Kier alpha value is -3.88. The summed E-state index contributed by atoms with van der Waals surface area (Å²) in [6.07, 6.45) is 7.87. The van der Waals surface area contributed by atoms with Gasteiger partial charge in [0.05, 0.1) is 24.8 Å². The van der Waals surface area contributed by atoms with Crippen LogP contribution in [0.3, 0.4) is 0 Å². The summed E-state index contributed by atoms with van der Waals surface area (Å²) in [7, 11) is 1.57. The van der Waals surface area contributed by atoms with E-state index in [2.05, 4.69) is 20.1 Å². The third kappa shape index (κ3) is 3.77. The number of fused-ring (bicyclic) bond motifs is 1. The van der Waals surface area contributed by atoms with Crippen molar-refractivity contribution < 1.29 is 13.5 Å². The molecule has 0 spiro atoms. The topological polar surface area (TPSA) is 70.7 Å². The second-order valence-corrected chi connectivity index (χ2v) is 7.62. The molecule has 1 atom stereocenters. The number of benzene rings is 1. The Morgan fingerprint density at radius 1 is 1.09 bits per heavy atom. The molecule has 0 saturated carbocycles. The minimum absolute atomic E-state index is 0.189. The number of hydrogen-bond acceptors (Lipinski definition) is 5. The van der Waals surface area contributed by atoms with E-state index < -0.39 is 11.6 Å². The maximum absolute atomic E-state index is 13.7. The van der Waals surface area contributed by atoms with E-state index in [-0.39, 0.29) is 5.92 Å². The van der Waals surface area contributed by atoms with Crippen molar-refractivity contribution in [2.45, 2.75) is 25.8 Å². The number of ether oxygens (including phenoxy) is 1. The van der Waals surface area contributed by atoms with Gasteiger partial charge >= 0.3 is 0 Å². The van der Waals surface area contributed by atoms with Gasteiger partial charge in [0, 0.05) is 24.7 Å². The van der Waals surface area contributed by atoms with Gasteiger partial charge in [-0.1, -0.05) is 0 Å². The first kappa shape index (κ1) is 20.0. The lowest BCUT2D eigenvalue weighted by Crippen LogP contribution is -2.00. The van der Waals surface area contributed by atoms with Crippen LogP contribution in [0.4, 0.5) is 8.78 Å². The highest BCUT2D eigenvalue weighted by Gasteiger charge is 2.28. The molecule has 7 nitrogen and oxygen atoms in total. The highest BCUT2D eigenvalue weighted by Crippen LogP contribution is 2.33. The van der Waals surface area contributed by atoms with E-state index in [9.17, 15) is 8.78 Å². The molecule has 1 aliphatic rings. The van der Waals surface area contributed by atoms with Crippen LogP contribution in [0.2, 0.25) is 0 Å². The fourth-order valence-electron chi connectivity index (χ4n) is 3.94. The molecule has 0 bridgehead atoms. The number of pyridine rings is 1. The summed E-state index contributed by atoms with van der Waals surface area (Å²) in [6, 6.07) is 7.35. The van der Waals surface area contributed by atoms with Gasteiger partial charge in [-0.05, 0) is 55.3 Å². The highest BCUT2D eigenvalue weighted by molar-refractivity contribution is 5.65. The molecule has 0 amide bonds. The predicted molar refractivity (Wildman–Crippen MR) is 114 cm³/mol. The van der Waals surface area contributed by atoms with E-state index in [4.69, 9.17) is 4.74 Å². The second kappa shape index (κ2) is 7.99. The van der Waals surface area contributed by atoms with Crippen LogP contribution < -0.4 is 4.74 Å². The van der Waals surface area contributed by atoms with Crippen LogP contribution in [0.25, 0.3) is 17.8 Å². The molecule has 32 heavy (non-hydrogen) atoms. The molecule has 4 heterocycles. The summed E-state index contributed by atoms with van der Waals surface area (Å²) >= 11 is 0. The second-order valence-electron chi connectivity index (χ2n) is 7.62. The number of hydrogen-bond donors (Lipinski definition) is 0. The Labute approximate surface area is 183 Å². The molecule has 0 unspecified atom stereocenters. The van der Waals surface area contributed by atoms with Gasteiger partial charge in [-0.25, -0.2) is 28.4 Å². The van der Waals surface area contributed by atoms with Crippen molar-refractivity contribution in [2.24, 2.45) is 0 Å². The number of aryl methyl sites for hydroxylation is 2. The quantitative estimate of drug-likeness (QED) is 0.472. The smallest absolute Gasteiger partial charge is 0.238 e. The zero-order chi connectivity index (χ0) is 22.2. The lowest BCUT2D eigenvalue weighted by molar-refractivity contribution is 0.395. The molecule has 0 radical (unpaired) electrons. The van der Waals surface area contributed by atoms with Gasteiger partial charge < -0.3 is 9.30 Å². The van der Waals surface area contributed by atoms with Crippen molar-refractivity contribution >= 4 is 12.2 Å². The summed E-state index contributed by atoms with van der Waals surface area (Å²) in [6.45, 7) is 2.56. The first-order valence-corrected chi connectivity index (χ1v) is 10.1. The number of nitrogens with zero attached hydrogens (tertiary/aromatic N) is 6. The predicted octanol–water partition coefficient (Wildman–Crippen LogP) is 4.16. The summed E-state index contributed by atoms with van der Waals surface area (Å²) in [4.78, 5) is 13.3. The summed E-state index contributed by atoms with van der Waals surface area (Å²) < 4.78 is 36.4. The number of imidazole rings is 1. The van der Waals surface area contributed by atoms with Crippen molar-refractivity contribution in [1.82, 2.24) is 29.3 Å². The number of methoxy groups -OCH3 is 1. The standard InChI is InChI=1S/C23H20F2N6O/c1-14-12-30(13-26-14)20-5-3-18(27-23(20)32-2)4-6-21-28-22-19(7-8-31(22)29-21)15-9-16(24)11-17(25)10-15/h3-6,9-13,19H,7-8H2,1-2H3/b6-4+/t19-/m1/s1. The Bertz CT molecular complexity index is 1310. The zero-order valence-corrected chi connectivity index (χ0v) is 17.5. The summed E-state index contributed by atoms with van der Waals surface area (Å²) in [5, 5.41) is 4.50. The number of rotatable bonds is 5. The van der Waals surface area contributed by atoms with Crippen molar-refractivity contribution in [2.75, 3.05) is 7.11 Å². The van der Waals surface area contributed by atoms with Crippen LogP contribution in [0, 0.1) is 18.6 Å². The van der Waals surface area contributed by atoms with Crippen molar-refractivity contribution in [3.05, 3.63) is 83.1 Å². The molecule has 0 saturated heterocycles. The molecule has 5 rings (SSSR count). The summed E-state index contributed by atoms with van der Waals surface area (Å²) in [5.74, 6) is 0.312. The Morgan fingerprint density at radius 3 is 2.62 bits per heavy atom. The molecule has 1 aromatic carbocycles. The molecule has 3 aromatic heterocycles. The van der Waals surface area contributed by atoms with Crippen LogP contribution in [0.5, 0.6) is 5.88 Å². The van der Waals surface area contributed by atoms with Gasteiger partial charge in [-0.2, -0.15) is 5.10 Å². The monoisotopic (exact) mass is 434 g/mol. The van der Waals surface area contributed by atoms with E-state index in [0.29, 0.717) is 41.8 Å². The van der Waals surface area contributed by atoms with Crippen molar-refractivity contribution in [1.29, 1.82) is 0 Å². The van der Waals surface area contributed by atoms with E-state index in [1.807, 2.05) is 29.8 Å². The van der Waals surface area contributed by atoms with Gasteiger partial charge in [0.25, 0.3) is 0 Å². The lowest BCUT2D eigenvalue weighted by Gasteiger charge is -2.08. The average Bonchev–Trinajstić information content (AvgIpc) is 3.47. The van der Waals surface area contributed by atoms with Crippen molar-refractivity contribution in [3.8, 4) is 11.6 Å². The first-order valence-electron chi connectivity index (χ1n) is 10.1. The van der Waals surface area contributed by atoms with Crippen LogP contribution in [-0.2, 0) is 6.54 Å². The van der Waals surface area contributed by atoms with Gasteiger partial charge in [-0.15, -0.1) is 0 Å². The average molecular weight is 434 g/mol. The van der Waals surface area contributed by atoms with E-state index in [1.165, 1.54) is 12.1 Å². The minimum atomic E-state index is -0.590. The minimum Gasteiger partial charge on any atom is -0.479 e. The van der Waals surface area contributed by atoms with Crippen LogP contribution in [0.15, 0.2) is 42.9 Å². The first-order chi connectivity index (χ1) is 15.5. The van der Waals surface area contributed by atoms with E-state index >= 15 is 0 Å². The lowest BCUT2D eigenvalue weighted by atomic mass is 9.97. The normalized spacial score (nSPS) is 15.4. The van der Waals surface area contributed by atoms with Crippen LogP contribution in [-0.4, -0.2) is 36.4 Å². The van der Waals surface area contributed by atoms with Crippen LogP contribution in [0.1, 0.15) is 40.9 Å². The van der Waals surface area contributed by atoms with Gasteiger partial charge in [0.15, 0.2) is 5.82 Å². The molecular formula is C23H20F2N6O. The largest absolute Gasteiger partial charge is 0.479 e. The molecular weight excluding hydrogens is 414 g/mol. The SMILES string of the molecule is COc1nc(/C=C/c2nc3n(n2)CC[C@@H]3c2cc(F)cc(F)c2)ccc1-n1cnc(C)c1. The van der Waals surface area contributed by atoms with E-state index in [0.717, 1.165) is 17.4 Å². The Balaban J connectivity index is 1.39. The van der Waals surface area contributed by atoms with Gasteiger partial charge in [0.2, 0.25) is 5.88 Å². The molecule has 4 aromatic rings. The summed E-state index contributed by atoms with van der Waals surface area (Å²) in [5.41, 5.74) is 2.94. The zero-order valence-electron chi connectivity index (χ0n) is 17.5. The molecule has 0 N–H and O–H groups in total. The number of halogens is 2.